The van der Waals surface area contributed by atoms with Crippen LogP contribution in [-0.2, 0) is 16.1 Å². The number of carbonyl (C=O) groups is 3. The van der Waals surface area contributed by atoms with Crippen molar-refractivity contribution in [2.75, 3.05) is 11.1 Å². The molecule has 1 saturated carbocycles. The molecular formula is C23H23ClN6O3. The van der Waals surface area contributed by atoms with Crippen LogP contribution in [0.1, 0.15) is 29.8 Å². The Morgan fingerprint density at radius 2 is 1.97 bits per heavy atom. The maximum atomic E-state index is 13.4. The fourth-order valence-corrected chi connectivity index (χ4v) is 5.37. The first kappa shape index (κ1) is 21.3. The van der Waals surface area contributed by atoms with Crippen LogP contribution in [0.4, 0.5) is 11.4 Å². The molecule has 5 N–H and O–H groups in total. The summed E-state index contributed by atoms with van der Waals surface area (Å²) in [6.45, 7) is -0.113. The molecule has 0 radical (unpaired) electrons. The Morgan fingerprint density at radius 1 is 1.15 bits per heavy atom. The summed E-state index contributed by atoms with van der Waals surface area (Å²) in [6.07, 6.45) is 2.56. The number of nitrogens with one attached hydrogen (secondary N) is 1. The standard InChI is InChI=1S/C23H23ClN6O3/c24-13-2-1-3-15(9-13)27-23(33)21-12-4-6-16(8-12)30(21)19(31)11-29-18-7-5-14(25)10-17(18)20(28-29)22(26)32/h1-3,5,7,9-10,12,16,21H,4,6,8,11,25H2,(H2,26,32)(H,27,33)/t12-,16+,21-/m0/s1. The van der Waals surface area contributed by atoms with E-state index in [1.54, 1.807) is 47.4 Å². The Morgan fingerprint density at radius 3 is 2.73 bits per heavy atom. The summed E-state index contributed by atoms with van der Waals surface area (Å²) in [4.78, 5) is 40.2. The van der Waals surface area contributed by atoms with Crippen LogP contribution < -0.4 is 16.8 Å². The summed E-state index contributed by atoms with van der Waals surface area (Å²) in [5, 5.41) is 8.19. The van der Waals surface area contributed by atoms with Crippen molar-refractivity contribution < 1.29 is 14.4 Å². The Balaban J connectivity index is 1.42. The summed E-state index contributed by atoms with van der Waals surface area (Å²) in [5.41, 5.74) is 13.0. The molecule has 3 atom stereocenters. The molecule has 2 aliphatic rings. The zero-order valence-electron chi connectivity index (χ0n) is 17.7. The maximum absolute atomic E-state index is 13.4. The van der Waals surface area contributed by atoms with Gasteiger partial charge in [0.25, 0.3) is 5.91 Å². The SMILES string of the molecule is NC(=O)c1nn(CC(=O)N2[C@@H]3CC[C@@H](C3)[C@H]2C(=O)Nc2cccc(Cl)c2)c2ccc(N)cc12. The number of halogens is 1. The summed E-state index contributed by atoms with van der Waals surface area (Å²) < 4.78 is 1.45. The van der Waals surface area contributed by atoms with Gasteiger partial charge in [-0.15, -0.1) is 0 Å². The average molecular weight is 467 g/mol. The highest BCUT2D eigenvalue weighted by Crippen LogP contribution is 2.43. The molecule has 1 aromatic heterocycles. The van der Waals surface area contributed by atoms with E-state index in [0.29, 0.717) is 27.3 Å². The molecule has 3 amide bonds. The van der Waals surface area contributed by atoms with Crippen LogP contribution in [0.5, 0.6) is 0 Å². The highest BCUT2D eigenvalue weighted by Gasteiger charge is 2.51. The van der Waals surface area contributed by atoms with E-state index in [9.17, 15) is 14.4 Å². The van der Waals surface area contributed by atoms with Crippen LogP contribution >= 0.6 is 11.6 Å². The van der Waals surface area contributed by atoms with E-state index in [2.05, 4.69) is 10.4 Å². The topological polar surface area (TPSA) is 136 Å². The molecule has 2 aromatic carbocycles. The van der Waals surface area contributed by atoms with Gasteiger partial charge in [0.15, 0.2) is 5.69 Å². The predicted molar refractivity (Wildman–Crippen MR) is 125 cm³/mol. The molecule has 2 bridgehead atoms. The molecule has 1 aliphatic heterocycles. The molecule has 0 unspecified atom stereocenters. The van der Waals surface area contributed by atoms with Gasteiger partial charge in [-0.05, 0) is 61.6 Å². The Labute approximate surface area is 194 Å². The molecule has 1 aliphatic carbocycles. The van der Waals surface area contributed by atoms with E-state index >= 15 is 0 Å². The lowest BCUT2D eigenvalue weighted by molar-refractivity contribution is -0.141. The van der Waals surface area contributed by atoms with Gasteiger partial charge < -0.3 is 21.7 Å². The van der Waals surface area contributed by atoms with Crippen LogP contribution in [0.25, 0.3) is 10.9 Å². The molecule has 2 fully saturated rings. The number of piperidine rings is 1. The number of amides is 3. The molecule has 2 heterocycles. The number of likely N-dealkylation sites (tertiary alicyclic amines) is 1. The quantitative estimate of drug-likeness (QED) is 0.496. The minimum Gasteiger partial charge on any atom is -0.399 e. The number of hydrogen-bond donors (Lipinski definition) is 3. The van der Waals surface area contributed by atoms with E-state index in [1.165, 1.54) is 4.68 Å². The fraction of sp³-hybridized carbons (Fsp3) is 0.304. The number of hydrogen-bond acceptors (Lipinski definition) is 5. The third-order valence-corrected chi connectivity index (χ3v) is 6.76. The lowest BCUT2D eigenvalue weighted by atomic mass is 9.97. The second-order valence-corrected chi connectivity index (χ2v) is 9.06. The van der Waals surface area contributed by atoms with Crippen molar-refractivity contribution >= 4 is 51.6 Å². The van der Waals surface area contributed by atoms with E-state index < -0.39 is 11.9 Å². The number of primary amides is 1. The predicted octanol–water partition coefficient (Wildman–Crippen LogP) is 2.39. The van der Waals surface area contributed by atoms with Crippen molar-refractivity contribution in [1.29, 1.82) is 0 Å². The number of anilines is 2. The monoisotopic (exact) mass is 466 g/mol. The van der Waals surface area contributed by atoms with Crippen molar-refractivity contribution in [2.45, 2.75) is 37.9 Å². The highest BCUT2D eigenvalue weighted by molar-refractivity contribution is 6.30. The van der Waals surface area contributed by atoms with Gasteiger partial charge >= 0.3 is 0 Å². The maximum Gasteiger partial charge on any atom is 0.269 e. The third-order valence-electron chi connectivity index (χ3n) is 6.53. The summed E-state index contributed by atoms with van der Waals surface area (Å²) >= 11 is 6.04. The van der Waals surface area contributed by atoms with E-state index in [0.717, 1.165) is 19.3 Å². The number of nitrogen functional groups attached to an aromatic ring is 1. The fourth-order valence-electron chi connectivity index (χ4n) is 5.18. The van der Waals surface area contributed by atoms with Gasteiger partial charge in [0, 0.05) is 27.8 Å². The molecule has 0 spiro atoms. The largest absolute Gasteiger partial charge is 0.399 e. The van der Waals surface area contributed by atoms with Gasteiger partial charge in [-0.1, -0.05) is 17.7 Å². The normalized spacial score (nSPS) is 21.5. The van der Waals surface area contributed by atoms with Crippen LogP contribution in [0.15, 0.2) is 42.5 Å². The number of carbonyl (C=O) groups excluding carboxylic acids is 3. The zero-order valence-corrected chi connectivity index (χ0v) is 18.5. The minimum atomic E-state index is -0.698. The number of nitrogens with zero attached hydrogens (tertiary/aromatic N) is 3. The van der Waals surface area contributed by atoms with Crippen molar-refractivity contribution in [1.82, 2.24) is 14.7 Å². The number of aromatic nitrogens is 2. The second kappa shape index (κ2) is 8.08. The highest BCUT2D eigenvalue weighted by atomic mass is 35.5. The Bertz CT molecular complexity index is 1290. The summed E-state index contributed by atoms with van der Waals surface area (Å²) in [5.74, 6) is -1.05. The van der Waals surface area contributed by atoms with Gasteiger partial charge in [0.2, 0.25) is 11.8 Å². The minimum absolute atomic E-state index is 0.00527. The Kier molecular flexibility index (Phi) is 5.20. The van der Waals surface area contributed by atoms with Gasteiger partial charge in [0.05, 0.1) is 5.52 Å². The zero-order chi connectivity index (χ0) is 23.3. The van der Waals surface area contributed by atoms with Crippen molar-refractivity contribution in [3.05, 3.63) is 53.2 Å². The molecule has 33 heavy (non-hydrogen) atoms. The third kappa shape index (κ3) is 3.78. The van der Waals surface area contributed by atoms with Gasteiger partial charge in [-0.3, -0.25) is 19.1 Å². The molecule has 9 nitrogen and oxygen atoms in total. The van der Waals surface area contributed by atoms with Gasteiger partial charge in [-0.2, -0.15) is 5.10 Å². The van der Waals surface area contributed by atoms with Crippen molar-refractivity contribution in [3.63, 3.8) is 0 Å². The Hall–Kier alpha value is -3.59. The molecular weight excluding hydrogens is 444 g/mol. The first-order chi connectivity index (χ1) is 15.8. The number of rotatable bonds is 5. The first-order valence-electron chi connectivity index (χ1n) is 10.8. The number of nitrogens with two attached hydrogens (primary N) is 2. The molecule has 170 valence electrons. The van der Waals surface area contributed by atoms with Crippen molar-refractivity contribution in [2.24, 2.45) is 11.7 Å². The van der Waals surface area contributed by atoms with Crippen LogP contribution in [0.3, 0.4) is 0 Å². The molecule has 5 rings (SSSR count). The average Bonchev–Trinajstić information content (AvgIpc) is 3.46. The van der Waals surface area contributed by atoms with Crippen LogP contribution in [0.2, 0.25) is 5.02 Å². The van der Waals surface area contributed by atoms with Gasteiger partial charge in [-0.25, -0.2) is 0 Å². The number of benzene rings is 2. The first-order valence-corrected chi connectivity index (χ1v) is 11.1. The lowest BCUT2D eigenvalue weighted by Crippen LogP contribution is -2.51. The number of fused-ring (bicyclic) bond motifs is 3. The van der Waals surface area contributed by atoms with E-state index in [-0.39, 0.29) is 36.0 Å². The smallest absolute Gasteiger partial charge is 0.269 e. The molecule has 10 heteroatoms. The second-order valence-electron chi connectivity index (χ2n) is 8.62. The van der Waals surface area contributed by atoms with Crippen molar-refractivity contribution in [3.8, 4) is 0 Å². The molecule has 1 saturated heterocycles. The van der Waals surface area contributed by atoms with Gasteiger partial charge in [0.1, 0.15) is 12.6 Å². The lowest BCUT2D eigenvalue weighted by Gasteiger charge is -2.34. The van der Waals surface area contributed by atoms with Crippen LogP contribution in [0, 0.1) is 5.92 Å². The van der Waals surface area contributed by atoms with Crippen LogP contribution in [-0.4, -0.2) is 44.5 Å². The molecule has 3 aromatic rings. The van der Waals surface area contributed by atoms with E-state index in [4.69, 9.17) is 23.1 Å². The summed E-state index contributed by atoms with van der Waals surface area (Å²) in [6, 6.07) is 11.4. The summed E-state index contributed by atoms with van der Waals surface area (Å²) in [7, 11) is 0. The van der Waals surface area contributed by atoms with E-state index in [1.807, 2.05) is 0 Å².